The van der Waals surface area contributed by atoms with Crippen molar-refractivity contribution in [2.75, 3.05) is 0 Å². The zero-order chi connectivity index (χ0) is 6.57. The molecular formula is C4H6O4. The second-order valence-electron chi connectivity index (χ2n) is 1.26. The van der Waals surface area contributed by atoms with E-state index in [1.165, 1.54) is 0 Å². The van der Waals surface area contributed by atoms with E-state index in [0.29, 0.717) is 6.29 Å². The molecule has 0 saturated heterocycles. The average Bonchev–Trinajstić information content (AvgIpc) is 1.67. The van der Waals surface area contributed by atoms with E-state index in [0.717, 1.165) is 0 Å². The van der Waals surface area contributed by atoms with Gasteiger partial charge in [-0.3, -0.25) is 0 Å². The molecule has 0 saturated carbocycles. The fourth-order valence-corrected chi connectivity index (χ4v) is 0.192. The molecule has 4 nitrogen and oxygen atoms in total. The largest absolute Gasteiger partial charge is 0.479 e. The van der Waals surface area contributed by atoms with Crippen LogP contribution >= 0.6 is 0 Å². The van der Waals surface area contributed by atoms with Crippen molar-refractivity contribution in [3.8, 4) is 0 Å². The maximum Gasteiger partial charge on any atom is 0.332 e. The number of carboxylic acids is 1. The van der Waals surface area contributed by atoms with E-state index in [2.05, 4.69) is 0 Å². The van der Waals surface area contributed by atoms with Crippen LogP contribution in [0, 0.1) is 0 Å². The van der Waals surface area contributed by atoms with Crippen LogP contribution in [-0.4, -0.2) is 28.6 Å². The minimum atomic E-state index is -1.53. The maximum atomic E-state index is 9.68. The number of carbonyl (C=O) groups excluding carboxylic acids is 1. The highest BCUT2D eigenvalue weighted by Crippen LogP contribution is 1.84. The summed E-state index contributed by atoms with van der Waals surface area (Å²) >= 11 is 0. The summed E-state index contributed by atoms with van der Waals surface area (Å²) in [5.74, 6) is -1.36. The van der Waals surface area contributed by atoms with Gasteiger partial charge in [-0.25, -0.2) is 4.79 Å². The lowest BCUT2D eigenvalue weighted by Gasteiger charge is -1.95. The monoisotopic (exact) mass is 118 g/mol. The number of aliphatic hydroxyl groups excluding tert-OH is 1. The molecule has 0 radical (unpaired) electrons. The number of aliphatic hydroxyl groups is 1. The Labute approximate surface area is 45.7 Å². The van der Waals surface area contributed by atoms with E-state index in [1.54, 1.807) is 0 Å². The molecule has 4 heteroatoms. The first-order valence-corrected chi connectivity index (χ1v) is 2.03. The van der Waals surface area contributed by atoms with Gasteiger partial charge < -0.3 is 15.0 Å². The first-order chi connectivity index (χ1) is 3.68. The molecule has 2 N–H and O–H groups in total. The number of carbonyl (C=O) groups is 2. The van der Waals surface area contributed by atoms with Crippen molar-refractivity contribution in [2.24, 2.45) is 0 Å². The number of hydrogen-bond acceptors (Lipinski definition) is 3. The summed E-state index contributed by atoms with van der Waals surface area (Å²) < 4.78 is 0. The van der Waals surface area contributed by atoms with Crippen LogP contribution in [0.2, 0.25) is 0 Å². The van der Waals surface area contributed by atoms with Gasteiger partial charge in [0.2, 0.25) is 0 Å². The Morgan fingerprint density at radius 1 is 1.75 bits per heavy atom. The van der Waals surface area contributed by atoms with Gasteiger partial charge in [0.05, 0.1) is 0 Å². The number of carboxylic acid groups (broad SMARTS) is 1. The van der Waals surface area contributed by atoms with Gasteiger partial charge in [0.15, 0.2) is 6.10 Å². The van der Waals surface area contributed by atoms with Gasteiger partial charge in [-0.2, -0.15) is 0 Å². The molecule has 0 heterocycles. The summed E-state index contributed by atoms with van der Waals surface area (Å²) in [4.78, 5) is 19.2. The number of aldehydes is 1. The third-order valence-electron chi connectivity index (χ3n) is 0.605. The predicted molar refractivity (Wildman–Crippen MR) is 24.3 cm³/mol. The van der Waals surface area contributed by atoms with Crippen molar-refractivity contribution in [2.45, 2.75) is 12.5 Å². The molecule has 0 unspecified atom stereocenters. The summed E-state index contributed by atoms with van der Waals surface area (Å²) in [7, 11) is 0. The third kappa shape index (κ3) is 2.30. The molecule has 0 aliphatic heterocycles. The summed E-state index contributed by atoms with van der Waals surface area (Å²) in [6.07, 6.45) is -1.51. The van der Waals surface area contributed by atoms with Gasteiger partial charge in [0, 0.05) is 6.42 Å². The molecule has 0 aliphatic carbocycles. The molecule has 46 valence electrons. The second kappa shape index (κ2) is 3.15. The normalized spacial score (nSPS) is 12.6. The molecule has 0 spiro atoms. The quantitative estimate of drug-likeness (QED) is 0.467. The zero-order valence-corrected chi connectivity index (χ0v) is 4.07. The van der Waals surface area contributed by atoms with Gasteiger partial charge in [-0.1, -0.05) is 0 Å². The molecule has 0 fully saturated rings. The maximum absolute atomic E-state index is 9.68. The smallest absolute Gasteiger partial charge is 0.332 e. The zero-order valence-electron chi connectivity index (χ0n) is 4.07. The van der Waals surface area contributed by atoms with E-state index >= 15 is 0 Å². The minimum Gasteiger partial charge on any atom is -0.479 e. The van der Waals surface area contributed by atoms with Gasteiger partial charge in [0.1, 0.15) is 6.29 Å². The SMILES string of the molecule is O=CC[C@@H](O)C(=O)O. The molecule has 8 heavy (non-hydrogen) atoms. The van der Waals surface area contributed by atoms with Crippen LogP contribution in [0.5, 0.6) is 0 Å². The van der Waals surface area contributed by atoms with Crippen LogP contribution < -0.4 is 0 Å². The molecule has 0 rings (SSSR count). The van der Waals surface area contributed by atoms with Crippen LogP contribution in [0.4, 0.5) is 0 Å². The van der Waals surface area contributed by atoms with E-state index in [1.807, 2.05) is 0 Å². The van der Waals surface area contributed by atoms with Gasteiger partial charge in [-0.15, -0.1) is 0 Å². The van der Waals surface area contributed by atoms with E-state index in [-0.39, 0.29) is 6.42 Å². The summed E-state index contributed by atoms with van der Waals surface area (Å²) in [5.41, 5.74) is 0. The van der Waals surface area contributed by atoms with Crippen LogP contribution in [0.1, 0.15) is 6.42 Å². The van der Waals surface area contributed by atoms with Crippen LogP contribution in [0.25, 0.3) is 0 Å². The lowest BCUT2D eigenvalue weighted by atomic mass is 10.3. The lowest BCUT2D eigenvalue weighted by Crippen LogP contribution is -2.19. The van der Waals surface area contributed by atoms with Crippen molar-refractivity contribution in [3.63, 3.8) is 0 Å². The lowest BCUT2D eigenvalue weighted by molar-refractivity contribution is -0.147. The van der Waals surface area contributed by atoms with Crippen molar-refractivity contribution in [1.29, 1.82) is 0 Å². The Morgan fingerprint density at radius 3 is 2.38 bits per heavy atom. The second-order valence-corrected chi connectivity index (χ2v) is 1.26. The molecule has 0 aromatic rings. The molecule has 1 atom stereocenters. The fraction of sp³-hybridized carbons (Fsp3) is 0.500. The molecule has 0 aliphatic rings. The number of aliphatic carboxylic acids is 1. The van der Waals surface area contributed by atoms with Crippen molar-refractivity contribution >= 4 is 12.3 Å². The fourth-order valence-electron chi connectivity index (χ4n) is 0.192. The van der Waals surface area contributed by atoms with Crippen LogP contribution in [0.3, 0.4) is 0 Å². The first kappa shape index (κ1) is 7.10. The van der Waals surface area contributed by atoms with Crippen LogP contribution in [-0.2, 0) is 9.59 Å². The molecular weight excluding hydrogens is 112 g/mol. The Kier molecular flexibility index (Phi) is 2.79. The van der Waals surface area contributed by atoms with E-state index in [9.17, 15) is 9.59 Å². The standard InChI is InChI=1S/C4H6O4/c5-2-1-3(6)4(7)8/h2-3,6H,1H2,(H,7,8)/t3-/m1/s1. The molecule has 0 aromatic heterocycles. The van der Waals surface area contributed by atoms with Crippen molar-refractivity contribution < 1.29 is 19.8 Å². The van der Waals surface area contributed by atoms with E-state index < -0.39 is 12.1 Å². The Morgan fingerprint density at radius 2 is 2.25 bits per heavy atom. The highest BCUT2D eigenvalue weighted by atomic mass is 16.4. The van der Waals surface area contributed by atoms with Crippen molar-refractivity contribution in [1.82, 2.24) is 0 Å². The summed E-state index contributed by atoms with van der Waals surface area (Å²) in [6.45, 7) is 0. The summed E-state index contributed by atoms with van der Waals surface area (Å²) in [6, 6.07) is 0. The topological polar surface area (TPSA) is 74.6 Å². The number of rotatable bonds is 3. The highest BCUT2D eigenvalue weighted by Gasteiger charge is 2.10. The molecule has 0 bridgehead atoms. The number of hydrogen-bond donors (Lipinski definition) is 2. The summed E-state index contributed by atoms with van der Waals surface area (Å²) in [5, 5.41) is 16.2. The first-order valence-electron chi connectivity index (χ1n) is 2.03. The van der Waals surface area contributed by atoms with Gasteiger partial charge in [0.25, 0.3) is 0 Å². The van der Waals surface area contributed by atoms with Crippen molar-refractivity contribution in [3.05, 3.63) is 0 Å². The predicted octanol–water partition coefficient (Wildman–Crippen LogP) is -0.979. The Balaban J connectivity index is 3.46. The van der Waals surface area contributed by atoms with Gasteiger partial charge >= 0.3 is 5.97 Å². The Bertz CT molecular complexity index is 98.2. The van der Waals surface area contributed by atoms with Crippen LogP contribution in [0.15, 0.2) is 0 Å². The highest BCUT2D eigenvalue weighted by molar-refractivity contribution is 5.75. The average molecular weight is 118 g/mol. The third-order valence-corrected chi connectivity index (χ3v) is 0.605. The van der Waals surface area contributed by atoms with E-state index in [4.69, 9.17) is 10.2 Å². The van der Waals surface area contributed by atoms with Gasteiger partial charge in [-0.05, 0) is 0 Å². The Hall–Kier alpha value is -0.900. The molecule has 0 amide bonds. The minimum absolute atomic E-state index is 0.338. The molecule has 0 aromatic carbocycles.